The van der Waals surface area contributed by atoms with Crippen LogP contribution in [0.4, 0.5) is 0 Å². The number of benzene rings is 1. The van der Waals surface area contributed by atoms with E-state index in [1.807, 2.05) is 37.3 Å². The Labute approximate surface area is 123 Å². The summed E-state index contributed by atoms with van der Waals surface area (Å²) in [7, 11) is 1.57. The summed E-state index contributed by atoms with van der Waals surface area (Å²) < 4.78 is 5.26. The molecule has 2 heterocycles. The molecule has 4 heteroatoms. The van der Waals surface area contributed by atoms with E-state index in [1.54, 1.807) is 25.4 Å². The summed E-state index contributed by atoms with van der Waals surface area (Å²) in [5.74, 6) is 0.488. The highest BCUT2D eigenvalue weighted by atomic mass is 16.5. The van der Waals surface area contributed by atoms with E-state index in [1.165, 1.54) is 0 Å². The summed E-state index contributed by atoms with van der Waals surface area (Å²) in [6.07, 6.45) is 0.858. The van der Waals surface area contributed by atoms with Gasteiger partial charge in [-0.2, -0.15) is 0 Å². The molecule has 0 saturated heterocycles. The van der Waals surface area contributed by atoms with E-state index in [-0.39, 0.29) is 0 Å². The van der Waals surface area contributed by atoms with Crippen LogP contribution in [0.2, 0.25) is 0 Å². The minimum Gasteiger partial charge on any atom is -0.481 e. The highest BCUT2D eigenvalue weighted by Gasteiger charge is 2.17. The molecule has 0 aliphatic heterocycles. The van der Waals surface area contributed by atoms with E-state index >= 15 is 0 Å². The number of methoxy groups -OCH3 is 1. The average molecular weight is 280 g/mol. The molecule has 0 saturated carbocycles. The molecule has 0 radical (unpaired) electrons. The van der Waals surface area contributed by atoms with Crippen LogP contribution in [-0.4, -0.2) is 22.2 Å². The van der Waals surface area contributed by atoms with Gasteiger partial charge in [-0.3, -0.25) is 4.98 Å². The third kappa shape index (κ3) is 2.45. The van der Waals surface area contributed by atoms with Crippen molar-refractivity contribution in [3.8, 4) is 5.88 Å². The lowest BCUT2D eigenvalue weighted by molar-refractivity contribution is 0.216. The summed E-state index contributed by atoms with van der Waals surface area (Å²) >= 11 is 0. The maximum absolute atomic E-state index is 10.7. The number of aliphatic hydroxyl groups is 1. The fraction of sp³-hybridized carbons (Fsp3) is 0.176. The number of ether oxygens (including phenoxy) is 1. The van der Waals surface area contributed by atoms with Crippen molar-refractivity contribution in [1.82, 2.24) is 9.97 Å². The zero-order chi connectivity index (χ0) is 14.8. The molecule has 4 nitrogen and oxygen atoms in total. The van der Waals surface area contributed by atoms with Gasteiger partial charge < -0.3 is 9.84 Å². The number of para-hydroxylation sites is 1. The third-order valence-corrected chi connectivity index (χ3v) is 3.52. The molecule has 1 N–H and O–H groups in total. The van der Waals surface area contributed by atoms with Crippen molar-refractivity contribution in [2.45, 2.75) is 13.0 Å². The summed E-state index contributed by atoms with van der Waals surface area (Å²) in [5, 5.41) is 11.6. The first-order valence-electron chi connectivity index (χ1n) is 6.74. The minimum atomic E-state index is -0.813. The predicted octanol–water partition coefficient (Wildman–Crippen LogP) is 3.03. The maximum Gasteiger partial charge on any atom is 0.213 e. The summed E-state index contributed by atoms with van der Waals surface area (Å²) in [4.78, 5) is 8.70. The second kappa shape index (κ2) is 5.50. The van der Waals surface area contributed by atoms with E-state index in [0.29, 0.717) is 11.6 Å². The summed E-state index contributed by atoms with van der Waals surface area (Å²) in [6.45, 7) is 1.99. The maximum atomic E-state index is 10.7. The molecule has 21 heavy (non-hydrogen) atoms. The van der Waals surface area contributed by atoms with Crippen LogP contribution in [0.5, 0.6) is 5.88 Å². The number of hydrogen-bond donors (Lipinski definition) is 1. The van der Waals surface area contributed by atoms with Gasteiger partial charge in [0.15, 0.2) is 0 Å². The van der Waals surface area contributed by atoms with Crippen LogP contribution in [0, 0.1) is 6.92 Å². The van der Waals surface area contributed by atoms with Crippen LogP contribution < -0.4 is 4.74 Å². The number of fused-ring (bicyclic) bond motifs is 1. The van der Waals surface area contributed by atoms with Gasteiger partial charge in [-0.25, -0.2) is 4.98 Å². The number of aliphatic hydroxyl groups excluding tert-OH is 1. The molecule has 1 unspecified atom stereocenters. The van der Waals surface area contributed by atoms with Gasteiger partial charge >= 0.3 is 0 Å². The Morgan fingerprint density at radius 1 is 1.14 bits per heavy atom. The zero-order valence-electron chi connectivity index (χ0n) is 11.9. The first-order valence-corrected chi connectivity index (χ1v) is 6.74. The van der Waals surface area contributed by atoms with Crippen molar-refractivity contribution in [2.75, 3.05) is 7.11 Å². The van der Waals surface area contributed by atoms with Crippen molar-refractivity contribution in [3.05, 3.63) is 65.5 Å². The second-order valence-electron chi connectivity index (χ2n) is 4.88. The highest BCUT2D eigenvalue weighted by molar-refractivity contribution is 5.86. The Kier molecular flexibility index (Phi) is 3.54. The average Bonchev–Trinajstić information content (AvgIpc) is 2.54. The van der Waals surface area contributed by atoms with Crippen molar-refractivity contribution in [3.63, 3.8) is 0 Å². The largest absolute Gasteiger partial charge is 0.481 e. The lowest BCUT2D eigenvalue weighted by Crippen LogP contribution is -2.04. The van der Waals surface area contributed by atoms with E-state index in [9.17, 15) is 5.11 Å². The molecule has 2 aromatic heterocycles. The summed E-state index contributed by atoms with van der Waals surface area (Å²) in [5.41, 5.74) is 3.23. The van der Waals surface area contributed by atoms with Crippen molar-refractivity contribution < 1.29 is 9.84 Å². The smallest absolute Gasteiger partial charge is 0.213 e. The molecule has 0 bridgehead atoms. The Bertz CT molecular complexity index is 772. The number of hydrogen-bond acceptors (Lipinski definition) is 4. The lowest BCUT2D eigenvalue weighted by atomic mass is 9.99. The Morgan fingerprint density at radius 3 is 2.71 bits per heavy atom. The molecule has 0 fully saturated rings. The fourth-order valence-corrected chi connectivity index (χ4v) is 2.42. The molecule has 1 aromatic carbocycles. The normalized spacial score (nSPS) is 12.3. The summed E-state index contributed by atoms with van der Waals surface area (Å²) in [6, 6.07) is 13.2. The van der Waals surface area contributed by atoms with Crippen molar-refractivity contribution in [1.29, 1.82) is 0 Å². The van der Waals surface area contributed by atoms with Gasteiger partial charge in [0.1, 0.15) is 6.10 Å². The fourth-order valence-electron chi connectivity index (χ4n) is 2.42. The Morgan fingerprint density at radius 2 is 2.00 bits per heavy atom. The molecule has 3 aromatic rings. The molecule has 1 atom stereocenters. The topological polar surface area (TPSA) is 55.2 Å². The van der Waals surface area contributed by atoms with Crippen LogP contribution >= 0.6 is 0 Å². The van der Waals surface area contributed by atoms with Gasteiger partial charge in [-0.15, -0.1) is 0 Å². The number of rotatable bonds is 3. The standard InChI is InChI=1S/C17H16N2O2/c1-11-6-5-7-12-13(10-15(21-2)19-16(11)12)17(20)14-8-3-4-9-18-14/h3-10,17,20H,1-2H3. The van der Waals surface area contributed by atoms with Crippen LogP contribution in [0.1, 0.15) is 22.9 Å². The highest BCUT2D eigenvalue weighted by Crippen LogP contribution is 2.31. The van der Waals surface area contributed by atoms with Crippen molar-refractivity contribution >= 4 is 10.9 Å². The third-order valence-electron chi connectivity index (χ3n) is 3.52. The predicted molar refractivity (Wildman–Crippen MR) is 81.3 cm³/mol. The SMILES string of the molecule is COc1cc(C(O)c2ccccn2)c2cccc(C)c2n1. The van der Waals surface area contributed by atoms with Crippen LogP contribution in [0.3, 0.4) is 0 Å². The first kappa shape index (κ1) is 13.5. The number of aromatic nitrogens is 2. The van der Waals surface area contributed by atoms with Gasteiger partial charge in [0.05, 0.1) is 18.3 Å². The molecule has 106 valence electrons. The Hall–Kier alpha value is -2.46. The molecule has 0 aliphatic carbocycles. The number of aryl methyl sites for hydroxylation is 1. The Balaban J connectivity index is 2.24. The molecule has 0 aliphatic rings. The van der Waals surface area contributed by atoms with Crippen LogP contribution in [-0.2, 0) is 0 Å². The van der Waals surface area contributed by atoms with E-state index < -0.39 is 6.10 Å². The van der Waals surface area contributed by atoms with Crippen molar-refractivity contribution in [2.24, 2.45) is 0 Å². The molecule has 0 amide bonds. The van der Waals surface area contributed by atoms with Gasteiger partial charge in [-0.05, 0) is 24.6 Å². The second-order valence-corrected chi connectivity index (χ2v) is 4.88. The van der Waals surface area contributed by atoms with Gasteiger partial charge in [0.25, 0.3) is 0 Å². The molecular weight excluding hydrogens is 264 g/mol. The van der Waals surface area contributed by atoms with E-state index in [4.69, 9.17) is 4.74 Å². The number of pyridine rings is 2. The molecule has 3 rings (SSSR count). The quantitative estimate of drug-likeness (QED) is 0.801. The van der Waals surface area contributed by atoms with Gasteiger partial charge in [0.2, 0.25) is 5.88 Å². The molecule has 0 spiro atoms. The monoisotopic (exact) mass is 280 g/mol. The van der Waals surface area contributed by atoms with Crippen LogP contribution in [0.15, 0.2) is 48.7 Å². The van der Waals surface area contributed by atoms with Gasteiger partial charge in [0, 0.05) is 23.2 Å². The van der Waals surface area contributed by atoms with E-state index in [0.717, 1.165) is 22.0 Å². The lowest BCUT2D eigenvalue weighted by Gasteiger charge is -2.15. The van der Waals surface area contributed by atoms with Crippen LogP contribution in [0.25, 0.3) is 10.9 Å². The number of nitrogens with zero attached hydrogens (tertiary/aromatic N) is 2. The first-order chi connectivity index (χ1) is 10.2. The minimum absolute atomic E-state index is 0.488. The van der Waals surface area contributed by atoms with Gasteiger partial charge in [-0.1, -0.05) is 24.3 Å². The molecular formula is C17H16N2O2. The zero-order valence-corrected chi connectivity index (χ0v) is 11.9. The van der Waals surface area contributed by atoms with E-state index in [2.05, 4.69) is 9.97 Å².